The number of carbonyl (C=O) groups is 1. The van der Waals surface area contributed by atoms with E-state index in [9.17, 15) is 13.2 Å². The van der Waals surface area contributed by atoms with Crippen LogP contribution in [-0.2, 0) is 14.8 Å². The molecule has 0 saturated carbocycles. The topological polar surface area (TPSA) is 84.9 Å². The molecular weight excluding hydrogens is 440 g/mol. The van der Waals surface area contributed by atoms with Crippen molar-refractivity contribution in [3.8, 4) is 11.5 Å². The molecule has 0 spiro atoms. The molecule has 0 fully saturated rings. The molecule has 174 valence electrons. The third-order valence-electron chi connectivity index (χ3n) is 4.79. The largest absolute Gasteiger partial charge is 0.494 e. The molecule has 0 radical (unpaired) electrons. The Bertz CT molecular complexity index is 1180. The second-order valence-corrected chi connectivity index (χ2v) is 9.09. The Morgan fingerprint density at radius 2 is 1.52 bits per heavy atom. The summed E-state index contributed by atoms with van der Waals surface area (Å²) in [4.78, 5) is 13.0. The SMILES string of the molecule is CCOc1ccc(S(=O)(=O)N(CC(=O)Nc2ccccc2OCC)c2ccc(C)cc2)cc1. The highest BCUT2D eigenvalue weighted by molar-refractivity contribution is 7.92. The summed E-state index contributed by atoms with van der Waals surface area (Å²) in [5.74, 6) is 0.602. The minimum absolute atomic E-state index is 0.0639. The van der Waals surface area contributed by atoms with E-state index >= 15 is 0 Å². The first-order chi connectivity index (χ1) is 15.8. The van der Waals surface area contributed by atoms with E-state index in [0.29, 0.717) is 36.1 Å². The van der Waals surface area contributed by atoms with Gasteiger partial charge in [-0.3, -0.25) is 9.10 Å². The molecule has 3 rings (SSSR count). The molecule has 0 unspecified atom stereocenters. The highest BCUT2D eigenvalue weighted by Gasteiger charge is 2.27. The van der Waals surface area contributed by atoms with Crippen molar-refractivity contribution in [1.29, 1.82) is 0 Å². The lowest BCUT2D eigenvalue weighted by atomic mass is 10.2. The van der Waals surface area contributed by atoms with Crippen molar-refractivity contribution in [3.05, 3.63) is 78.4 Å². The van der Waals surface area contributed by atoms with E-state index in [-0.39, 0.29) is 4.90 Å². The van der Waals surface area contributed by atoms with Crippen LogP contribution in [0.25, 0.3) is 0 Å². The van der Waals surface area contributed by atoms with Gasteiger partial charge < -0.3 is 14.8 Å². The van der Waals surface area contributed by atoms with Crippen molar-refractivity contribution in [2.24, 2.45) is 0 Å². The quantitative estimate of drug-likeness (QED) is 0.469. The van der Waals surface area contributed by atoms with Gasteiger partial charge in [-0.2, -0.15) is 0 Å². The van der Waals surface area contributed by atoms with Crippen LogP contribution in [-0.4, -0.2) is 34.1 Å². The van der Waals surface area contributed by atoms with Crippen LogP contribution in [0.5, 0.6) is 11.5 Å². The Balaban J connectivity index is 1.91. The number of ether oxygens (including phenoxy) is 2. The van der Waals surface area contributed by atoms with E-state index in [1.54, 1.807) is 60.7 Å². The average molecular weight is 469 g/mol. The van der Waals surface area contributed by atoms with Crippen molar-refractivity contribution >= 4 is 27.3 Å². The van der Waals surface area contributed by atoms with Crippen LogP contribution in [0.3, 0.4) is 0 Å². The van der Waals surface area contributed by atoms with Crippen LogP contribution in [0.15, 0.2) is 77.7 Å². The number of benzene rings is 3. The Morgan fingerprint density at radius 1 is 0.879 bits per heavy atom. The van der Waals surface area contributed by atoms with E-state index in [1.165, 1.54) is 12.1 Å². The lowest BCUT2D eigenvalue weighted by Gasteiger charge is -2.24. The fraction of sp³-hybridized carbons (Fsp3) is 0.240. The van der Waals surface area contributed by atoms with Gasteiger partial charge in [0.05, 0.1) is 29.5 Å². The van der Waals surface area contributed by atoms with Crippen LogP contribution in [0.2, 0.25) is 0 Å². The van der Waals surface area contributed by atoms with Gasteiger partial charge in [0.15, 0.2) is 0 Å². The Labute approximate surface area is 195 Å². The molecule has 0 heterocycles. The molecule has 8 heteroatoms. The van der Waals surface area contributed by atoms with Crippen molar-refractivity contribution < 1.29 is 22.7 Å². The molecule has 0 atom stereocenters. The van der Waals surface area contributed by atoms with Crippen LogP contribution in [0.4, 0.5) is 11.4 Å². The van der Waals surface area contributed by atoms with Crippen LogP contribution < -0.4 is 19.1 Å². The fourth-order valence-corrected chi connectivity index (χ4v) is 4.62. The monoisotopic (exact) mass is 468 g/mol. The normalized spacial score (nSPS) is 11.0. The molecule has 3 aromatic carbocycles. The zero-order valence-corrected chi connectivity index (χ0v) is 19.8. The summed E-state index contributed by atoms with van der Waals surface area (Å²) in [5, 5.41) is 2.77. The van der Waals surface area contributed by atoms with E-state index in [1.807, 2.05) is 20.8 Å². The van der Waals surface area contributed by atoms with Gasteiger partial charge in [-0.15, -0.1) is 0 Å². The average Bonchev–Trinajstić information content (AvgIpc) is 2.80. The van der Waals surface area contributed by atoms with Gasteiger partial charge in [0.2, 0.25) is 5.91 Å². The number of hydrogen-bond donors (Lipinski definition) is 1. The van der Waals surface area contributed by atoms with Crippen LogP contribution in [0, 0.1) is 6.92 Å². The molecule has 0 bridgehead atoms. The standard InChI is InChI=1S/C25H28N2O5S/c1-4-31-21-14-16-22(17-15-21)33(29,30)27(20-12-10-19(3)11-13-20)18-25(28)26-23-8-6-7-9-24(23)32-5-2/h6-17H,4-5,18H2,1-3H3,(H,26,28). The molecule has 7 nitrogen and oxygen atoms in total. The minimum Gasteiger partial charge on any atom is -0.494 e. The van der Waals surface area contributed by atoms with E-state index < -0.39 is 22.5 Å². The number of aryl methyl sites for hydroxylation is 1. The summed E-state index contributed by atoms with van der Waals surface area (Å²) < 4.78 is 39.1. The van der Waals surface area contributed by atoms with Gasteiger partial charge >= 0.3 is 0 Å². The first-order valence-corrected chi connectivity index (χ1v) is 12.1. The molecule has 0 aliphatic carbocycles. The first kappa shape index (κ1) is 24.1. The number of nitrogens with zero attached hydrogens (tertiary/aromatic N) is 1. The fourth-order valence-electron chi connectivity index (χ4n) is 3.20. The molecule has 0 aromatic heterocycles. The highest BCUT2D eigenvalue weighted by Crippen LogP contribution is 2.27. The number of para-hydroxylation sites is 2. The number of sulfonamides is 1. The predicted octanol–water partition coefficient (Wildman–Crippen LogP) is 4.63. The molecular formula is C25H28N2O5S. The van der Waals surface area contributed by atoms with E-state index in [2.05, 4.69) is 5.32 Å². The van der Waals surface area contributed by atoms with Crippen molar-refractivity contribution in [2.75, 3.05) is 29.4 Å². The van der Waals surface area contributed by atoms with Gasteiger partial charge in [-0.25, -0.2) is 8.42 Å². The summed E-state index contributed by atoms with van der Waals surface area (Å²) in [5.41, 5.74) is 1.85. The van der Waals surface area contributed by atoms with Crippen LogP contribution in [0.1, 0.15) is 19.4 Å². The van der Waals surface area contributed by atoms with E-state index in [0.717, 1.165) is 9.87 Å². The van der Waals surface area contributed by atoms with Crippen molar-refractivity contribution in [3.63, 3.8) is 0 Å². The molecule has 0 saturated heterocycles. The van der Waals surface area contributed by atoms with Crippen LogP contribution >= 0.6 is 0 Å². The smallest absolute Gasteiger partial charge is 0.264 e. The first-order valence-electron chi connectivity index (χ1n) is 10.7. The lowest BCUT2D eigenvalue weighted by molar-refractivity contribution is -0.114. The Morgan fingerprint density at radius 3 is 2.15 bits per heavy atom. The van der Waals surface area contributed by atoms with Crippen molar-refractivity contribution in [1.82, 2.24) is 0 Å². The summed E-state index contributed by atoms with van der Waals surface area (Å²) in [6, 6.07) is 20.1. The van der Waals surface area contributed by atoms with Gasteiger partial charge in [0, 0.05) is 0 Å². The number of nitrogens with one attached hydrogen (secondary N) is 1. The third kappa shape index (κ3) is 6.04. The predicted molar refractivity (Wildman–Crippen MR) is 130 cm³/mol. The number of carbonyl (C=O) groups excluding carboxylic acids is 1. The summed E-state index contributed by atoms with van der Waals surface area (Å²) in [6.07, 6.45) is 0. The van der Waals surface area contributed by atoms with Gasteiger partial charge in [0.1, 0.15) is 18.0 Å². The lowest BCUT2D eigenvalue weighted by Crippen LogP contribution is -2.38. The second-order valence-electron chi connectivity index (χ2n) is 7.23. The summed E-state index contributed by atoms with van der Waals surface area (Å²) in [6.45, 7) is 6.12. The maximum Gasteiger partial charge on any atom is 0.264 e. The molecule has 3 aromatic rings. The molecule has 0 aliphatic heterocycles. The minimum atomic E-state index is -4.02. The summed E-state index contributed by atoms with van der Waals surface area (Å²) >= 11 is 0. The maximum atomic E-state index is 13.5. The highest BCUT2D eigenvalue weighted by atomic mass is 32.2. The molecule has 0 aliphatic rings. The second kappa shape index (κ2) is 10.9. The Hall–Kier alpha value is -3.52. The molecule has 1 amide bonds. The van der Waals surface area contributed by atoms with Gasteiger partial charge in [0.25, 0.3) is 10.0 Å². The number of anilines is 2. The van der Waals surface area contributed by atoms with Gasteiger partial charge in [-0.1, -0.05) is 29.8 Å². The van der Waals surface area contributed by atoms with E-state index in [4.69, 9.17) is 9.47 Å². The Kier molecular flexibility index (Phi) is 7.95. The maximum absolute atomic E-state index is 13.5. The molecule has 33 heavy (non-hydrogen) atoms. The third-order valence-corrected chi connectivity index (χ3v) is 6.58. The zero-order valence-electron chi connectivity index (χ0n) is 18.9. The van der Waals surface area contributed by atoms with Crippen molar-refractivity contribution in [2.45, 2.75) is 25.7 Å². The number of hydrogen-bond acceptors (Lipinski definition) is 5. The zero-order chi connectivity index (χ0) is 23.8. The number of amides is 1. The number of rotatable bonds is 10. The molecule has 1 N–H and O–H groups in total. The van der Waals surface area contributed by atoms with Gasteiger partial charge in [-0.05, 0) is 69.3 Å². The summed E-state index contributed by atoms with van der Waals surface area (Å²) in [7, 11) is -4.02.